The second kappa shape index (κ2) is 8.09. The van der Waals surface area contributed by atoms with Gasteiger partial charge < -0.3 is 19.4 Å². The van der Waals surface area contributed by atoms with Gasteiger partial charge in [-0.25, -0.2) is 14.5 Å². The van der Waals surface area contributed by atoms with Crippen LogP contribution in [0.4, 0.5) is 5.82 Å². The Morgan fingerprint density at radius 3 is 3.00 bits per heavy atom. The highest BCUT2D eigenvalue weighted by molar-refractivity contribution is 5.92. The number of anilines is 1. The van der Waals surface area contributed by atoms with E-state index in [0.29, 0.717) is 42.5 Å². The molecule has 1 atom stereocenters. The van der Waals surface area contributed by atoms with Crippen LogP contribution < -0.4 is 15.0 Å². The molecule has 0 aromatic carbocycles. The van der Waals surface area contributed by atoms with Gasteiger partial charge in [-0.05, 0) is 38.5 Å². The monoisotopic (exact) mass is 460 g/mol. The maximum atomic E-state index is 11.5. The number of fused-ring (bicyclic) bond motifs is 2. The smallest absolute Gasteiger partial charge is 0.231 e. The van der Waals surface area contributed by atoms with E-state index in [-0.39, 0.29) is 11.5 Å². The van der Waals surface area contributed by atoms with Crippen molar-refractivity contribution < 1.29 is 13.9 Å². The van der Waals surface area contributed by atoms with Crippen molar-refractivity contribution in [1.29, 1.82) is 0 Å². The van der Waals surface area contributed by atoms with Crippen molar-refractivity contribution in [1.82, 2.24) is 24.9 Å². The third-order valence-corrected chi connectivity index (χ3v) is 6.70. The number of nitrogens with zero attached hydrogens (tertiary/aromatic N) is 5. The summed E-state index contributed by atoms with van der Waals surface area (Å²) in [6.07, 6.45) is 5.70. The van der Waals surface area contributed by atoms with Crippen molar-refractivity contribution in [2.75, 3.05) is 31.1 Å². The molecule has 2 aliphatic rings. The fourth-order valence-electron chi connectivity index (χ4n) is 4.99. The van der Waals surface area contributed by atoms with Crippen LogP contribution >= 0.6 is 0 Å². The number of pyridine rings is 1. The molecule has 5 heterocycles. The summed E-state index contributed by atoms with van der Waals surface area (Å²) in [6.45, 7) is 7.56. The van der Waals surface area contributed by atoms with E-state index in [4.69, 9.17) is 14.1 Å². The summed E-state index contributed by atoms with van der Waals surface area (Å²) in [5, 5.41) is 9.17. The van der Waals surface area contributed by atoms with Crippen LogP contribution in [0.15, 0.2) is 41.1 Å². The van der Waals surface area contributed by atoms with Crippen LogP contribution in [0.5, 0.6) is 5.88 Å². The Hall–Kier alpha value is -3.46. The number of nitrogens with one attached hydrogen (secondary N) is 1. The molecule has 0 radical (unpaired) electrons. The molecule has 9 heteroatoms. The maximum absolute atomic E-state index is 11.5. The van der Waals surface area contributed by atoms with E-state index < -0.39 is 0 Å². The zero-order valence-corrected chi connectivity index (χ0v) is 19.5. The summed E-state index contributed by atoms with van der Waals surface area (Å²) in [5.74, 6) is 2.70. The lowest BCUT2D eigenvalue weighted by molar-refractivity contribution is -0.117. The second-order valence-electron chi connectivity index (χ2n) is 9.93. The molecule has 1 saturated heterocycles. The molecule has 4 aromatic rings. The van der Waals surface area contributed by atoms with Crippen LogP contribution in [0.1, 0.15) is 33.1 Å². The predicted molar refractivity (Wildman–Crippen MR) is 128 cm³/mol. The number of hydrogen-bond donors (Lipinski definition) is 1. The average Bonchev–Trinajstić information content (AvgIpc) is 3.54. The molecular weight excluding hydrogens is 432 g/mol. The predicted octanol–water partition coefficient (Wildman–Crippen LogP) is 3.47. The van der Waals surface area contributed by atoms with E-state index in [1.165, 1.54) is 0 Å². The van der Waals surface area contributed by atoms with Gasteiger partial charge in [0.15, 0.2) is 11.4 Å². The molecule has 0 spiro atoms. The number of imidazole rings is 1. The SMILES string of the molecule is CC1(C)CN(c2nccc3oc(-c4cnc5ccc(OC[C@H]6CCC(=O)C6)nn45)cc23)CCN1. The molecule has 176 valence electrons. The van der Waals surface area contributed by atoms with Gasteiger partial charge in [0.1, 0.15) is 22.9 Å². The minimum absolute atomic E-state index is 0.0163. The van der Waals surface area contributed by atoms with Crippen LogP contribution in [-0.2, 0) is 4.79 Å². The van der Waals surface area contributed by atoms with E-state index in [2.05, 4.69) is 34.1 Å². The van der Waals surface area contributed by atoms with Crippen LogP contribution in [-0.4, -0.2) is 57.1 Å². The molecule has 2 fully saturated rings. The summed E-state index contributed by atoms with van der Waals surface area (Å²) in [5.41, 5.74) is 2.26. The van der Waals surface area contributed by atoms with Crippen molar-refractivity contribution in [3.05, 3.63) is 36.7 Å². The number of piperazine rings is 1. The highest BCUT2D eigenvalue weighted by Crippen LogP contribution is 2.34. The Morgan fingerprint density at radius 2 is 2.18 bits per heavy atom. The van der Waals surface area contributed by atoms with Gasteiger partial charge in [0.05, 0.1) is 18.2 Å². The summed E-state index contributed by atoms with van der Waals surface area (Å²) in [7, 11) is 0. The third-order valence-electron chi connectivity index (χ3n) is 6.70. The molecule has 34 heavy (non-hydrogen) atoms. The van der Waals surface area contributed by atoms with Crippen molar-refractivity contribution in [3.63, 3.8) is 0 Å². The normalized spacial score (nSPS) is 20.5. The summed E-state index contributed by atoms with van der Waals surface area (Å²) < 4.78 is 13.9. The van der Waals surface area contributed by atoms with E-state index in [1.54, 1.807) is 16.9 Å². The molecule has 9 nitrogen and oxygen atoms in total. The van der Waals surface area contributed by atoms with E-state index in [1.807, 2.05) is 24.3 Å². The number of ether oxygens (including phenoxy) is 1. The van der Waals surface area contributed by atoms with Gasteiger partial charge in [0.2, 0.25) is 5.88 Å². The first-order valence-corrected chi connectivity index (χ1v) is 11.8. The van der Waals surface area contributed by atoms with Crippen LogP contribution in [0.3, 0.4) is 0 Å². The summed E-state index contributed by atoms with van der Waals surface area (Å²) >= 11 is 0. The number of carbonyl (C=O) groups is 1. The minimum Gasteiger partial charge on any atom is -0.476 e. The molecule has 1 aliphatic heterocycles. The van der Waals surface area contributed by atoms with Gasteiger partial charge >= 0.3 is 0 Å². The molecule has 0 bridgehead atoms. The van der Waals surface area contributed by atoms with Crippen molar-refractivity contribution in [2.45, 2.75) is 38.6 Å². The molecule has 1 aliphatic carbocycles. The van der Waals surface area contributed by atoms with Crippen molar-refractivity contribution in [2.24, 2.45) is 5.92 Å². The van der Waals surface area contributed by atoms with Crippen LogP contribution in [0, 0.1) is 5.92 Å². The summed E-state index contributed by atoms with van der Waals surface area (Å²) in [6, 6.07) is 7.61. The number of furan rings is 1. The van der Waals surface area contributed by atoms with Gasteiger partial charge in [-0.2, -0.15) is 0 Å². The molecule has 4 aromatic heterocycles. The molecule has 0 unspecified atom stereocenters. The largest absolute Gasteiger partial charge is 0.476 e. The number of Topliss-reactive ketones (excluding diaryl/α,β-unsaturated/α-hetero) is 1. The third kappa shape index (κ3) is 3.90. The first-order valence-electron chi connectivity index (χ1n) is 11.8. The first-order chi connectivity index (χ1) is 16.4. The van der Waals surface area contributed by atoms with Gasteiger partial charge in [-0.1, -0.05) is 0 Å². The lowest BCUT2D eigenvalue weighted by atomic mass is 10.0. The molecule has 1 saturated carbocycles. The molecular formula is C25H28N6O3. The van der Waals surface area contributed by atoms with Crippen molar-refractivity contribution in [3.8, 4) is 17.3 Å². The zero-order chi connectivity index (χ0) is 23.3. The van der Waals surface area contributed by atoms with E-state index in [0.717, 1.165) is 48.5 Å². The van der Waals surface area contributed by atoms with Gasteiger partial charge in [0.25, 0.3) is 0 Å². The van der Waals surface area contributed by atoms with Gasteiger partial charge in [-0.3, -0.25) is 4.79 Å². The minimum atomic E-state index is 0.0163. The Bertz CT molecular complexity index is 1370. The Morgan fingerprint density at radius 1 is 1.26 bits per heavy atom. The lowest BCUT2D eigenvalue weighted by Gasteiger charge is -2.39. The van der Waals surface area contributed by atoms with Crippen molar-refractivity contribution >= 4 is 28.2 Å². The quantitative estimate of drug-likeness (QED) is 0.484. The molecule has 1 N–H and O–H groups in total. The van der Waals surface area contributed by atoms with E-state index in [9.17, 15) is 4.79 Å². The fourth-order valence-corrected chi connectivity index (χ4v) is 4.99. The number of ketones is 1. The highest BCUT2D eigenvalue weighted by atomic mass is 16.5. The number of carbonyl (C=O) groups excluding carboxylic acids is 1. The highest BCUT2D eigenvalue weighted by Gasteiger charge is 2.28. The molecule has 6 rings (SSSR count). The maximum Gasteiger partial charge on any atom is 0.231 e. The van der Waals surface area contributed by atoms with Gasteiger partial charge in [-0.15, -0.1) is 5.10 Å². The van der Waals surface area contributed by atoms with E-state index >= 15 is 0 Å². The molecule has 0 amide bonds. The summed E-state index contributed by atoms with van der Waals surface area (Å²) in [4.78, 5) is 23.0. The Balaban J connectivity index is 1.31. The topological polar surface area (TPSA) is 97.8 Å². The second-order valence-corrected chi connectivity index (χ2v) is 9.93. The average molecular weight is 461 g/mol. The number of aromatic nitrogens is 4. The van der Waals surface area contributed by atoms with Gasteiger partial charge in [0, 0.05) is 56.2 Å². The number of rotatable bonds is 5. The van der Waals surface area contributed by atoms with Crippen LogP contribution in [0.2, 0.25) is 0 Å². The Labute approximate surface area is 197 Å². The number of hydrogen-bond acceptors (Lipinski definition) is 8. The first kappa shape index (κ1) is 21.1. The van der Waals surface area contributed by atoms with Crippen LogP contribution in [0.25, 0.3) is 28.1 Å². The zero-order valence-electron chi connectivity index (χ0n) is 19.5. The lowest BCUT2D eigenvalue weighted by Crippen LogP contribution is -2.57. The Kier molecular flexibility index (Phi) is 5.02. The standard InChI is InChI=1S/C25H28N6O3/c1-25(2)15-30(10-9-28-25)24-18-12-21(34-20(18)7-8-26-24)19-13-27-22-5-6-23(29-31(19)22)33-14-16-3-4-17(32)11-16/h5-8,12-13,16,28H,3-4,9-11,14-15H2,1-2H3/t16-/m0/s1. The fraction of sp³-hybridized carbons (Fsp3) is 0.440.